The van der Waals surface area contributed by atoms with E-state index >= 15 is 0 Å². The first-order chi connectivity index (χ1) is 14.6. The Bertz CT molecular complexity index is 1040. The minimum absolute atomic E-state index is 0.0939. The van der Waals surface area contributed by atoms with Crippen molar-refractivity contribution < 1.29 is 4.79 Å². The lowest BCUT2D eigenvalue weighted by Gasteiger charge is -2.62. The molecular weight excluding hydrogens is 412 g/mol. The van der Waals surface area contributed by atoms with Crippen LogP contribution in [0.15, 0.2) is 35.3 Å². The maximum absolute atomic E-state index is 12.8. The van der Waals surface area contributed by atoms with Crippen molar-refractivity contribution >= 4 is 28.8 Å². The molecule has 3 fully saturated rings. The van der Waals surface area contributed by atoms with Gasteiger partial charge in [-0.3, -0.25) is 9.59 Å². The number of halogens is 1. The second kappa shape index (κ2) is 7.97. The quantitative estimate of drug-likeness (QED) is 0.674. The highest BCUT2D eigenvalue weighted by Crippen LogP contribution is 2.61. The van der Waals surface area contributed by atoms with Crippen molar-refractivity contribution in [2.75, 3.05) is 24.3 Å². The number of rotatable bonds is 6. The molecular formula is C24H31ClN4O2. The van der Waals surface area contributed by atoms with Crippen molar-refractivity contribution in [2.45, 2.75) is 46.2 Å². The first-order valence-corrected chi connectivity index (χ1v) is 11.3. The van der Waals surface area contributed by atoms with Crippen LogP contribution in [0, 0.1) is 23.2 Å². The molecule has 1 aromatic heterocycles. The SMILES string of the molecule is C[C@@H]1[C@H]2C[C@@H](C[C@H]1Nc1cnn(CC(=O)c3ccc(N(C)C)cc3)c(=O)c1Cl)C2(C)C. The number of Topliss-reactive ketones (excluding diaryl/α,β-unsaturated/α-hetero) is 1. The molecule has 166 valence electrons. The van der Waals surface area contributed by atoms with Gasteiger partial charge in [-0.25, -0.2) is 4.68 Å². The van der Waals surface area contributed by atoms with E-state index in [0.29, 0.717) is 34.4 Å². The van der Waals surface area contributed by atoms with Crippen molar-refractivity contribution in [3.63, 3.8) is 0 Å². The van der Waals surface area contributed by atoms with E-state index in [0.717, 1.165) is 16.8 Å². The number of aromatic nitrogens is 2. The fourth-order valence-corrected chi connectivity index (χ4v) is 5.59. The minimum Gasteiger partial charge on any atom is -0.379 e. The van der Waals surface area contributed by atoms with Gasteiger partial charge < -0.3 is 10.2 Å². The Balaban J connectivity index is 1.46. The topological polar surface area (TPSA) is 67.2 Å². The molecule has 0 unspecified atom stereocenters. The van der Waals surface area contributed by atoms with Crippen LogP contribution in [0.4, 0.5) is 11.4 Å². The molecule has 0 saturated heterocycles. The zero-order chi connectivity index (χ0) is 22.5. The predicted octanol–water partition coefficient (Wildman–Crippen LogP) is 4.33. The molecule has 2 bridgehead atoms. The minimum atomic E-state index is -0.445. The third kappa shape index (κ3) is 3.86. The van der Waals surface area contributed by atoms with Crippen LogP contribution in [0.5, 0.6) is 0 Å². The van der Waals surface area contributed by atoms with Crippen LogP contribution in [0.1, 0.15) is 44.0 Å². The lowest BCUT2D eigenvalue weighted by atomic mass is 9.45. The van der Waals surface area contributed by atoms with E-state index in [4.69, 9.17) is 11.6 Å². The summed E-state index contributed by atoms with van der Waals surface area (Å²) in [7, 11) is 3.88. The smallest absolute Gasteiger partial charge is 0.288 e. The monoisotopic (exact) mass is 442 g/mol. The maximum atomic E-state index is 12.8. The van der Waals surface area contributed by atoms with Gasteiger partial charge in [-0.2, -0.15) is 5.10 Å². The molecule has 0 amide bonds. The van der Waals surface area contributed by atoms with Crippen LogP contribution in [0.3, 0.4) is 0 Å². The number of nitrogens with zero attached hydrogens (tertiary/aromatic N) is 3. The molecule has 5 rings (SSSR count). The average molecular weight is 443 g/mol. The van der Waals surface area contributed by atoms with Crippen LogP contribution < -0.4 is 15.8 Å². The Morgan fingerprint density at radius 3 is 2.52 bits per heavy atom. The van der Waals surface area contributed by atoms with Crippen molar-refractivity contribution in [3.05, 3.63) is 51.4 Å². The Morgan fingerprint density at radius 1 is 1.26 bits per heavy atom. The number of fused-ring (bicyclic) bond motifs is 2. The van der Waals surface area contributed by atoms with Crippen LogP contribution in [0.25, 0.3) is 0 Å². The third-order valence-corrected chi connectivity index (χ3v) is 8.04. The summed E-state index contributed by atoms with van der Waals surface area (Å²) in [6, 6.07) is 7.55. The zero-order valence-corrected chi connectivity index (χ0v) is 19.6. The van der Waals surface area contributed by atoms with Crippen molar-refractivity contribution in [3.8, 4) is 0 Å². The van der Waals surface area contributed by atoms with Gasteiger partial charge in [-0.15, -0.1) is 0 Å². The second-order valence-corrected chi connectivity index (χ2v) is 10.3. The van der Waals surface area contributed by atoms with E-state index < -0.39 is 5.56 Å². The van der Waals surface area contributed by atoms with Gasteiger partial charge in [0, 0.05) is 31.4 Å². The summed E-state index contributed by atoms with van der Waals surface area (Å²) >= 11 is 6.40. The van der Waals surface area contributed by atoms with Crippen molar-refractivity contribution in [1.29, 1.82) is 0 Å². The van der Waals surface area contributed by atoms with E-state index in [9.17, 15) is 9.59 Å². The summed E-state index contributed by atoms with van der Waals surface area (Å²) in [6.45, 7) is 6.86. The van der Waals surface area contributed by atoms with E-state index in [-0.39, 0.29) is 23.4 Å². The summed E-state index contributed by atoms with van der Waals surface area (Å²) in [5.41, 5.74) is 2.05. The second-order valence-electron chi connectivity index (χ2n) is 9.91. The summed E-state index contributed by atoms with van der Waals surface area (Å²) in [6.07, 6.45) is 3.94. The fourth-order valence-electron chi connectivity index (χ4n) is 5.39. The van der Waals surface area contributed by atoms with E-state index in [1.807, 2.05) is 31.1 Å². The van der Waals surface area contributed by atoms with Crippen molar-refractivity contribution in [2.24, 2.45) is 23.2 Å². The van der Waals surface area contributed by atoms with Crippen LogP contribution in [0.2, 0.25) is 5.02 Å². The molecule has 4 atom stereocenters. The molecule has 1 N–H and O–H groups in total. The highest BCUT2D eigenvalue weighted by atomic mass is 35.5. The number of anilines is 2. The fraction of sp³-hybridized carbons (Fsp3) is 0.542. The maximum Gasteiger partial charge on any atom is 0.288 e. The molecule has 6 nitrogen and oxygen atoms in total. The number of carbonyl (C=O) groups is 1. The van der Waals surface area contributed by atoms with Gasteiger partial charge in [-0.05, 0) is 60.3 Å². The highest BCUT2D eigenvalue weighted by molar-refractivity contribution is 6.32. The molecule has 3 aliphatic carbocycles. The number of benzene rings is 1. The van der Waals surface area contributed by atoms with Crippen LogP contribution in [-0.4, -0.2) is 35.7 Å². The van der Waals surface area contributed by atoms with Gasteiger partial charge in [0.1, 0.15) is 11.6 Å². The van der Waals surface area contributed by atoms with E-state index in [1.54, 1.807) is 18.3 Å². The summed E-state index contributed by atoms with van der Waals surface area (Å²) in [4.78, 5) is 27.4. The number of hydrogen-bond donors (Lipinski definition) is 1. The molecule has 2 aromatic rings. The molecule has 0 spiro atoms. The van der Waals surface area contributed by atoms with Gasteiger partial charge >= 0.3 is 0 Å². The number of ketones is 1. The summed E-state index contributed by atoms with van der Waals surface area (Å²) in [5, 5.41) is 7.79. The van der Waals surface area contributed by atoms with E-state index in [1.165, 1.54) is 6.42 Å². The van der Waals surface area contributed by atoms with Gasteiger partial charge in [0.25, 0.3) is 5.56 Å². The van der Waals surface area contributed by atoms with Crippen LogP contribution in [-0.2, 0) is 6.54 Å². The first-order valence-electron chi connectivity index (χ1n) is 10.9. The molecule has 3 saturated carbocycles. The molecule has 31 heavy (non-hydrogen) atoms. The Kier molecular flexibility index (Phi) is 5.63. The highest BCUT2D eigenvalue weighted by Gasteiger charge is 2.56. The van der Waals surface area contributed by atoms with Crippen LogP contribution >= 0.6 is 11.6 Å². The third-order valence-electron chi connectivity index (χ3n) is 7.68. The molecule has 1 aromatic carbocycles. The van der Waals surface area contributed by atoms with Gasteiger partial charge in [0.05, 0.1) is 11.9 Å². The van der Waals surface area contributed by atoms with Gasteiger partial charge in [0.15, 0.2) is 5.78 Å². The van der Waals surface area contributed by atoms with E-state index in [2.05, 4.69) is 31.2 Å². The molecule has 1 heterocycles. The standard InChI is InChI=1S/C24H31ClN4O2/c1-14-18-10-16(24(18,2)3)11-19(14)27-20-12-26-29(23(31)22(20)25)13-21(30)15-6-8-17(9-7-15)28(4)5/h6-9,12,14,16,18-19,27H,10-11,13H2,1-5H3/t14-,16+,18-,19-/m1/s1. The predicted molar refractivity (Wildman–Crippen MR) is 125 cm³/mol. The lowest BCUT2D eigenvalue weighted by molar-refractivity contribution is -0.105. The average Bonchev–Trinajstić information content (AvgIpc) is 2.74. The number of carbonyl (C=O) groups excluding carboxylic acids is 1. The zero-order valence-electron chi connectivity index (χ0n) is 18.9. The number of hydrogen-bond acceptors (Lipinski definition) is 5. The summed E-state index contributed by atoms with van der Waals surface area (Å²) in [5.74, 6) is 1.72. The normalized spacial score (nSPS) is 26.1. The van der Waals surface area contributed by atoms with Gasteiger partial charge in [0.2, 0.25) is 0 Å². The Labute approximate surface area is 188 Å². The molecule has 3 aliphatic rings. The van der Waals surface area contributed by atoms with Gasteiger partial charge in [-0.1, -0.05) is 32.4 Å². The van der Waals surface area contributed by atoms with Crippen molar-refractivity contribution in [1.82, 2.24) is 9.78 Å². The summed E-state index contributed by atoms with van der Waals surface area (Å²) < 4.78 is 1.14. The molecule has 7 heteroatoms. The number of nitrogens with one attached hydrogen (secondary N) is 1. The lowest BCUT2D eigenvalue weighted by Crippen LogP contribution is -2.58. The molecule has 0 radical (unpaired) electrons. The Morgan fingerprint density at radius 2 is 1.94 bits per heavy atom. The first kappa shape index (κ1) is 21.9. The Hall–Kier alpha value is -2.34. The molecule has 0 aliphatic heterocycles. The largest absolute Gasteiger partial charge is 0.379 e.